The standard InChI is InChI=1S/C24H30N2O4/c1-2-3-16-25-23(28)15-14-22(27)21(17-19-10-6-4-7-11-19)26-24(29)30-18-20-12-8-5-9-13-20/h4-13,21H,2-3,14-18H2,1H3,(H,25,28)(H,26,29)/t21-/m0/s1. The minimum absolute atomic E-state index is 0.0639. The average molecular weight is 411 g/mol. The van der Waals surface area contributed by atoms with E-state index in [-0.39, 0.29) is 31.1 Å². The molecule has 0 spiro atoms. The van der Waals surface area contributed by atoms with Gasteiger partial charge in [0.1, 0.15) is 6.61 Å². The molecule has 0 aromatic heterocycles. The molecule has 0 unspecified atom stereocenters. The van der Waals surface area contributed by atoms with Crippen molar-refractivity contribution in [2.45, 2.75) is 51.7 Å². The molecule has 2 aromatic carbocycles. The summed E-state index contributed by atoms with van der Waals surface area (Å²) >= 11 is 0. The third kappa shape index (κ3) is 8.90. The van der Waals surface area contributed by atoms with Crippen molar-refractivity contribution in [1.82, 2.24) is 10.6 Å². The molecule has 2 rings (SSSR count). The number of ether oxygens (including phenoxy) is 1. The zero-order valence-electron chi connectivity index (χ0n) is 17.4. The Kier molecular flexibility index (Phi) is 10.1. The molecule has 0 fully saturated rings. The molecule has 2 N–H and O–H groups in total. The van der Waals surface area contributed by atoms with Gasteiger partial charge in [0, 0.05) is 19.4 Å². The van der Waals surface area contributed by atoms with Crippen molar-refractivity contribution in [1.29, 1.82) is 0 Å². The Morgan fingerprint density at radius 3 is 2.17 bits per heavy atom. The van der Waals surface area contributed by atoms with Crippen LogP contribution in [-0.2, 0) is 27.4 Å². The first-order valence-electron chi connectivity index (χ1n) is 10.4. The molecule has 0 saturated heterocycles. The summed E-state index contributed by atoms with van der Waals surface area (Å²) in [7, 11) is 0. The molecule has 160 valence electrons. The van der Waals surface area contributed by atoms with Crippen molar-refractivity contribution >= 4 is 17.8 Å². The van der Waals surface area contributed by atoms with Crippen LogP contribution in [0.15, 0.2) is 60.7 Å². The highest BCUT2D eigenvalue weighted by Gasteiger charge is 2.22. The molecule has 30 heavy (non-hydrogen) atoms. The first-order valence-corrected chi connectivity index (χ1v) is 10.4. The van der Waals surface area contributed by atoms with Gasteiger partial charge in [-0.2, -0.15) is 0 Å². The number of ketones is 1. The van der Waals surface area contributed by atoms with Gasteiger partial charge in [0.25, 0.3) is 0 Å². The Morgan fingerprint density at radius 1 is 0.900 bits per heavy atom. The fraction of sp³-hybridized carbons (Fsp3) is 0.375. The number of carbonyl (C=O) groups is 3. The van der Waals surface area contributed by atoms with Gasteiger partial charge >= 0.3 is 6.09 Å². The van der Waals surface area contributed by atoms with Crippen LogP contribution in [0.2, 0.25) is 0 Å². The second kappa shape index (κ2) is 13.1. The SMILES string of the molecule is CCCCNC(=O)CCC(=O)[C@H](Cc1ccccc1)NC(=O)OCc1ccccc1. The third-order valence-electron chi connectivity index (χ3n) is 4.63. The third-order valence-corrected chi connectivity index (χ3v) is 4.63. The highest BCUT2D eigenvalue weighted by molar-refractivity contribution is 5.90. The van der Waals surface area contributed by atoms with E-state index in [4.69, 9.17) is 4.74 Å². The Morgan fingerprint density at radius 2 is 1.53 bits per heavy atom. The Labute approximate surface area is 178 Å². The largest absolute Gasteiger partial charge is 0.445 e. The smallest absolute Gasteiger partial charge is 0.408 e. The minimum Gasteiger partial charge on any atom is -0.445 e. The van der Waals surface area contributed by atoms with Gasteiger partial charge in [-0.25, -0.2) is 4.79 Å². The van der Waals surface area contributed by atoms with Crippen LogP contribution in [0.1, 0.15) is 43.7 Å². The molecule has 2 amide bonds. The number of hydrogen-bond donors (Lipinski definition) is 2. The quantitative estimate of drug-likeness (QED) is 0.522. The number of rotatable bonds is 12. The minimum atomic E-state index is -0.751. The summed E-state index contributed by atoms with van der Waals surface area (Å²) in [4.78, 5) is 36.9. The van der Waals surface area contributed by atoms with E-state index in [9.17, 15) is 14.4 Å². The molecule has 1 atom stereocenters. The number of Topliss-reactive ketones (excluding diaryl/α,β-unsaturated/α-hetero) is 1. The summed E-state index contributed by atoms with van der Waals surface area (Å²) in [5, 5.41) is 5.47. The van der Waals surface area contributed by atoms with Crippen molar-refractivity contribution in [3.05, 3.63) is 71.8 Å². The number of alkyl carbamates (subject to hydrolysis) is 1. The van der Waals surface area contributed by atoms with Gasteiger partial charge in [-0.05, 0) is 24.0 Å². The molecule has 6 heteroatoms. The molecule has 0 radical (unpaired) electrons. The summed E-state index contributed by atoms with van der Waals surface area (Å²) in [5.74, 6) is -0.344. The molecular weight excluding hydrogens is 380 g/mol. The number of carbonyl (C=O) groups excluding carboxylic acids is 3. The zero-order valence-corrected chi connectivity index (χ0v) is 17.4. The van der Waals surface area contributed by atoms with Crippen LogP contribution in [0.5, 0.6) is 0 Å². The molecular formula is C24H30N2O4. The molecule has 0 bridgehead atoms. The average Bonchev–Trinajstić information content (AvgIpc) is 2.77. The van der Waals surface area contributed by atoms with E-state index < -0.39 is 12.1 Å². The molecule has 0 aliphatic heterocycles. The van der Waals surface area contributed by atoms with Gasteiger partial charge in [-0.1, -0.05) is 74.0 Å². The summed E-state index contributed by atoms with van der Waals surface area (Å²) in [6.45, 7) is 2.78. The zero-order chi connectivity index (χ0) is 21.6. The number of unbranched alkanes of at least 4 members (excludes halogenated alkanes) is 1. The lowest BCUT2D eigenvalue weighted by Crippen LogP contribution is -2.43. The maximum atomic E-state index is 12.7. The fourth-order valence-corrected chi connectivity index (χ4v) is 2.91. The van der Waals surface area contributed by atoms with Crippen molar-refractivity contribution < 1.29 is 19.1 Å². The van der Waals surface area contributed by atoms with Gasteiger partial charge in [-0.15, -0.1) is 0 Å². The van der Waals surface area contributed by atoms with Gasteiger partial charge in [0.15, 0.2) is 5.78 Å². The second-order valence-corrected chi connectivity index (χ2v) is 7.12. The van der Waals surface area contributed by atoms with Crippen LogP contribution in [0.25, 0.3) is 0 Å². The normalized spacial score (nSPS) is 11.4. The molecule has 0 heterocycles. The second-order valence-electron chi connectivity index (χ2n) is 7.12. The molecule has 0 aliphatic carbocycles. The Bertz CT molecular complexity index is 793. The predicted octanol–water partition coefficient (Wildman–Crippen LogP) is 3.79. The van der Waals surface area contributed by atoms with Crippen molar-refractivity contribution in [2.24, 2.45) is 0 Å². The predicted molar refractivity (Wildman–Crippen MR) is 116 cm³/mol. The summed E-state index contributed by atoms with van der Waals surface area (Å²) in [5.41, 5.74) is 1.79. The molecule has 0 saturated carbocycles. The van der Waals surface area contributed by atoms with E-state index in [0.29, 0.717) is 13.0 Å². The van der Waals surface area contributed by atoms with Gasteiger partial charge in [0.2, 0.25) is 5.91 Å². The van der Waals surface area contributed by atoms with Gasteiger partial charge < -0.3 is 15.4 Å². The van der Waals surface area contributed by atoms with E-state index in [1.807, 2.05) is 67.6 Å². The van der Waals surface area contributed by atoms with E-state index in [0.717, 1.165) is 24.0 Å². The molecule has 0 aliphatic rings. The van der Waals surface area contributed by atoms with E-state index in [2.05, 4.69) is 10.6 Å². The first kappa shape index (κ1) is 23.1. The van der Waals surface area contributed by atoms with Crippen molar-refractivity contribution in [2.75, 3.05) is 6.54 Å². The lowest BCUT2D eigenvalue weighted by atomic mass is 9.99. The van der Waals surface area contributed by atoms with Gasteiger partial charge in [-0.3, -0.25) is 9.59 Å². The topological polar surface area (TPSA) is 84.5 Å². The summed E-state index contributed by atoms with van der Waals surface area (Å²) in [6, 6.07) is 18.0. The maximum absolute atomic E-state index is 12.7. The Hall–Kier alpha value is -3.15. The number of hydrogen-bond acceptors (Lipinski definition) is 4. The van der Waals surface area contributed by atoms with Crippen molar-refractivity contribution in [3.8, 4) is 0 Å². The summed E-state index contributed by atoms with van der Waals surface area (Å²) < 4.78 is 5.26. The highest BCUT2D eigenvalue weighted by atomic mass is 16.5. The van der Waals surface area contributed by atoms with Crippen LogP contribution in [0.4, 0.5) is 4.79 Å². The number of benzene rings is 2. The highest BCUT2D eigenvalue weighted by Crippen LogP contribution is 2.08. The fourth-order valence-electron chi connectivity index (χ4n) is 2.91. The number of nitrogens with one attached hydrogen (secondary N) is 2. The van der Waals surface area contributed by atoms with E-state index in [1.54, 1.807) is 0 Å². The maximum Gasteiger partial charge on any atom is 0.408 e. The van der Waals surface area contributed by atoms with E-state index in [1.165, 1.54) is 0 Å². The number of amides is 2. The van der Waals surface area contributed by atoms with Crippen LogP contribution < -0.4 is 10.6 Å². The molecule has 6 nitrogen and oxygen atoms in total. The monoisotopic (exact) mass is 410 g/mol. The first-order chi connectivity index (χ1) is 14.6. The van der Waals surface area contributed by atoms with Crippen LogP contribution >= 0.6 is 0 Å². The van der Waals surface area contributed by atoms with Crippen molar-refractivity contribution in [3.63, 3.8) is 0 Å². The van der Waals surface area contributed by atoms with Gasteiger partial charge in [0.05, 0.1) is 6.04 Å². The lowest BCUT2D eigenvalue weighted by Gasteiger charge is -2.18. The summed E-state index contributed by atoms with van der Waals surface area (Å²) in [6.07, 6.45) is 1.76. The van der Waals surface area contributed by atoms with Crippen LogP contribution in [-0.4, -0.2) is 30.4 Å². The van der Waals surface area contributed by atoms with E-state index >= 15 is 0 Å². The Balaban J connectivity index is 1.91. The molecule has 2 aromatic rings. The van der Waals surface area contributed by atoms with Crippen LogP contribution in [0, 0.1) is 0 Å². The lowest BCUT2D eigenvalue weighted by molar-refractivity contribution is -0.126. The van der Waals surface area contributed by atoms with Crippen LogP contribution in [0.3, 0.4) is 0 Å².